The highest BCUT2D eigenvalue weighted by Crippen LogP contribution is 2.41. The van der Waals surface area contributed by atoms with Crippen molar-refractivity contribution in [3.8, 4) is 17.3 Å². The number of primary amides is 1. The van der Waals surface area contributed by atoms with E-state index >= 15 is 0 Å². The number of nitrogens with two attached hydrogens (primary N) is 1. The Hall–Kier alpha value is -4.99. The van der Waals surface area contributed by atoms with Crippen LogP contribution in [0.3, 0.4) is 0 Å². The number of nitrogens with zero attached hydrogens (tertiary/aromatic N) is 3. The molecule has 3 N–H and O–H groups in total. The quantitative estimate of drug-likeness (QED) is 0.103. The average molecular weight is 782 g/mol. The minimum absolute atomic E-state index is 0.0345. The molecule has 0 bridgehead atoms. The first-order valence-electron chi connectivity index (χ1n) is 18.5. The van der Waals surface area contributed by atoms with Crippen LogP contribution < -0.4 is 15.2 Å². The van der Waals surface area contributed by atoms with Crippen molar-refractivity contribution in [3.63, 3.8) is 0 Å². The van der Waals surface area contributed by atoms with Crippen molar-refractivity contribution in [2.75, 3.05) is 6.54 Å². The van der Waals surface area contributed by atoms with Gasteiger partial charge in [0.05, 0.1) is 17.4 Å². The van der Waals surface area contributed by atoms with Gasteiger partial charge >= 0.3 is 6.18 Å². The van der Waals surface area contributed by atoms with E-state index in [0.717, 1.165) is 43.4 Å². The van der Waals surface area contributed by atoms with E-state index in [9.17, 15) is 36.0 Å². The van der Waals surface area contributed by atoms with Crippen LogP contribution in [0.4, 0.5) is 13.2 Å². The Bertz CT molecular complexity index is 2250. The van der Waals surface area contributed by atoms with Crippen LogP contribution in [-0.4, -0.2) is 64.9 Å². The molecule has 2 aromatic carbocycles. The molecule has 4 aromatic rings. The summed E-state index contributed by atoms with van der Waals surface area (Å²) in [4.78, 5) is 48.7. The number of fused-ring (bicyclic) bond motifs is 3. The maximum absolute atomic E-state index is 13.3. The topological polar surface area (TPSA) is 175 Å². The van der Waals surface area contributed by atoms with Gasteiger partial charge in [-0.15, -0.1) is 0 Å². The molecule has 7 rings (SSSR count). The summed E-state index contributed by atoms with van der Waals surface area (Å²) < 4.78 is 78.4. The first-order valence-corrected chi connectivity index (χ1v) is 20.1. The van der Waals surface area contributed by atoms with E-state index in [-0.39, 0.29) is 54.4 Å². The zero-order valence-corrected chi connectivity index (χ0v) is 31.0. The summed E-state index contributed by atoms with van der Waals surface area (Å²) in [7, 11) is -3.53. The van der Waals surface area contributed by atoms with E-state index in [2.05, 4.69) is 14.7 Å². The number of sulfonamides is 1. The third kappa shape index (κ3) is 8.79. The molecule has 3 aliphatic rings. The predicted octanol–water partition coefficient (Wildman–Crippen LogP) is 6.35. The monoisotopic (exact) mass is 781 g/mol. The lowest BCUT2D eigenvalue weighted by atomic mass is 10.1. The number of allylic oxidation sites excluding steroid dienone is 2. The molecule has 1 aliphatic heterocycles. The normalized spacial score (nSPS) is 21.4. The van der Waals surface area contributed by atoms with Crippen LogP contribution >= 0.6 is 0 Å². The number of amides is 3. The summed E-state index contributed by atoms with van der Waals surface area (Å²) in [5.41, 5.74) is 7.34. The summed E-state index contributed by atoms with van der Waals surface area (Å²) in [5.74, 6) is -1.39. The van der Waals surface area contributed by atoms with Gasteiger partial charge in [0.25, 0.3) is 5.88 Å². The first kappa shape index (κ1) is 38.3. The van der Waals surface area contributed by atoms with E-state index < -0.39 is 51.0 Å². The smallest absolute Gasteiger partial charge is 0.416 e. The van der Waals surface area contributed by atoms with E-state index in [0.29, 0.717) is 47.7 Å². The van der Waals surface area contributed by atoms with Crippen LogP contribution in [0, 0.1) is 18.8 Å². The van der Waals surface area contributed by atoms with Gasteiger partial charge in [-0.05, 0) is 75.6 Å². The number of ether oxygens (including phenoxy) is 1. The van der Waals surface area contributed by atoms with Crippen molar-refractivity contribution in [1.29, 1.82) is 0 Å². The molecule has 2 aliphatic carbocycles. The molecule has 0 unspecified atom stereocenters. The molecule has 292 valence electrons. The zero-order chi connectivity index (χ0) is 39.1. The molecule has 3 fully saturated rings. The lowest BCUT2D eigenvalue weighted by Gasteiger charge is -2.21. The number of halogens is 3. The molecule has 3 heterocycles. The van der Waals surface area contributed by atoms with Crippen LogP contribution in [0.2, 0.25) is 0 Å². The summed E-state index contributed by atoms with van der Waals surface area (Å²) in [6.45, 7) is 1.98. The van der Waals surface area contributed by atoms with E-state index in [4.69, 9.17) is 14.9 Å². The summed E-state index contributed by atoms with van der Waals surface area (Å²) in [6.07, 6.45) is 4.96. The molecular formula is C39H42F3N5O7S. The zero-order valence-electron chi connectivity index (χ0n) is 30.2. The average Bonchev–Trinajstić information content (AvgIpc) is 4.06. The number of carbonyl (C=O) groups excluding carboxylic acids is 3. The van der Waals surface area contributed by atoms with Crippen molar-refractivity contribution in [1.82, 2.24) is 19.6 Å². The number of nitrogens with one attached hydrogen (secondary N) is 1. The fourth-order valence-electron chi connectivity index (χ4n) is 7.05. The SMILES string of the molecule is Cc1ccc2oc3c(O[C@@H]4C[C@@H](C(N)=O)N(C(=O)CCCCCC/C=C\[C@@H]5C[C@@H]5C(=O)NS(=O)(=O)C5CC5)C4)nc(-c4ccc(C(F)(F)F)cc4)nc3c2c1. The molecule has 1 saturated heterocycles. The molecule has 4 atom stereocenters. The number of unbranched alkanes of at least 4 members (excludes halogenated alkanes) is 4. The van der Waals surface area contributed by atoms with E-state index in [1.807, 2.05) is 31.2 Å². The largest absolute Gasteiger partial charge is 0.470 e. The number of likely N-dealkylation sites (tertiary alicyclic amines) is 1. The maximum atomic E-state index is 13.3. The highest BCUT2D eigenvalue weighted by molar-refractivity contribution is 7.90. The van der Waals surface area contributed by atoms with Crippen LogP contribution in [0.1, 0.15) is 75.3 Å². The molecule has 0 radical (unpaired) electrons. The number of furan rings is 1. The fraction of sp³-hybridized carbons (Fsp3) is 0.462. The van der Waals surface area contributed by atoms with Gasteiger partial charge in [-0.1, -0.05) is 48.8 Å². The highest BCUT2D eigenvalue weighted by atomic mass is 32.2. The van der Waals surface area contributed by atoms with Gasteiger partial charge in [-0.3, -0.25) is 19.1 Å². The first-order chi connectivity index (χ1) is 26.2. The summed E-state index contributed by atoms with van der Waals surface area (Å²) in [6, 6.07) is 9.12. The molecule has 12 nitrogen and oxygen atoms in total. The third-order valence-corrected chi connectivity index (χ3v) is 12.2. The third-order valence-electron chi connectivity index (χ3n) is 10.4. The van der Waals surface area contributed by atoms with Gasteiger partial charge in [0.2, 0.25) is 33.3 Å². The van der Waals surface area contributed by atoms with Gasteiger partial charge < -0.3 is 19.8 Å². The lowest BCUT2D eigenvalue weighted by molar-refractivity contribution is -0.137. The van der Waals surface area contributed by atoms with Crippen LogP contribution in [0.15, 0.2) is 59.0 Å². The van der Waals surface area contributed by atoms with Crippen molar-refractivity contribution < 1.29 is 45.1 Å². The lowest BCUT2D eigenvalue weighted by Crippen LogP contribution is -2.43. The number of alkyl halides is 3. The molecule has 2 aromatic heterocycles. The molecular weight excluding hydrogens is 740 g/mol. The maximum Gasteiger partial charge on any atom is 0.416 e. The number of rotatable bonds is 15. The second-order valence-corrected chi connectivity index (χ2v) is 16.7. The van der Waals surface area contributed by atoms with Crippen molar-refractivity contribution in [2.24, 2.45) is 17.6 Å². The number of carbonyl (C=O) groups is 3. The van der Waals surface area contributed by atoms with Gasteiger partial charge in [-0.25, -0.2) is 13.4 Å². The minimum atomic E-state index is -4.51. The van der Waals surface area contributed by atoms with Crippen molar-refractivity contribution in [2.45, 2.75) is 94.7 Å². The standard InChI is InChI=1S/C39H42F3N5O7S/c1-22-10-17-31-29(18-22)33-34(54-31)38(45-36(44-33)23-11-13-25(14-12-23)39(40,41)42)53-26-20-30(35(43)49)47(21-26)32(48)9-7-5-3-2-4-6-8-24-19-28(24)37(50)46-55(51,52)27-15-16-27/h6,8,10-14,17-18,24,26-28,30H,2-5,7,9,15-16,19-21H2,1H3,(H2,43,49)(H,46,50)/b8-6-/t24-,26-,28+,30+/m1/s1. The van der Waals surface area contributed by atoms with E-state index in [1.54, 1.807) is 6.07 Å². The predicted molar refractivity (Wildman–Crippen MR) is 197 cm³/mol. The molecule has 2 saturated carbocycles. The van der Waals surface area contributed by atoms with Gasteiger partial charge in [0.1, 0.15) is 23.2 Å². The Labute approximate surface area is 315 Å². The number of benzene rings is 2. The van der Waals surface area contributed by atoms with Crippen molar-refractivity contribution >= 4 is 49.8 Å². The summed E-state index contributed by atoms with van der Waals surface area (Å²) >= 11 is 0. The molecule has 3 amide bonds. The van der Waals surface area contributed by atoms with Crippen LogP contribution in [0.25, 0.3) is 33.5 Å². The Kier molecular flexibility index (Phi) is 10.6. The number of hydrogen-bond acceptors (Lipinski definition) is 9. The second kappa shape index (κ2) is 15.3. The Morgan fingerprint density at radius 2 is 1.78 bits per heavy atom. The minimum Gasteiger partial charge on any atom is -0.470 e. The highest BCUT2D eigenvalue weighted by Gasteiger charge is 2.45. The Morgan fingerprint density at radius 3 is 2.49 bits per heavy atom. The number of hydrogen-bond donors (Lipinski definition) is 2. The van der Waals surface area contributed by atoms with Gasteiger partial charge in [0, 0.05) is 29.7 Å². The summed E-state index contributed by atoms with van der Waals surface area (Å²) in [5, 5.41) is 0.243. The second-order valence-electron chi connectivity index (χ2n) is 14.7. The molecule has 55 heavy (non-hydrogen) atoms. The van der Waals surface area contributed by atoms with Crippen molar-refractivity contribution in [3.05, 3.63) is 65.7 Å². The fourth-order valence-corrected chi connectivity index (χ4v) is 8.40. The number of aryl methyl sites for hydroxylation is 1. The van der Waals surface area contributed by atoms with Gasteiger partial charge in [0.15, 0.2) is 5.82 Å². The van der Waals surface area contributed by atoms with Crippen LogP contribution in [0.5, 0.6) is 5.88 Å². The molecule has 16 heteroatoms. The van der Waals surface area contributed by atoms with E-state index in [1.165, 1.54) is 17.0 Å². The van der Waals surface area contributed by atoms with Crippen LogP contribution in [-0.2, 0) is 30.6 Å². The van der Waals surface area contributed by atoms with Gasteiger partial charge in [-0.2, -0.15) is 18.2 Å². The molecule has 0 spiro atoms. The Morgan fingerprint density at radius 1 is 1.04 bits per heavy atom. The number of aromatic nitrogens is 2. The Balaban J connectivity index is 0.938.